The van der Waals surface area contributed by atoms with E-state index in [4.69, 9.17) is 4.74 Å². The fourth-order valence-electron chi connectivity index (χ4n) is 2.77. The largest absolute Gasteiger partial charge is 0.444 e. The molecule has 9 nitrogen and oxygen atoms in total. The van der Waals surface area contributed by atoms with Crippen molar-refractivity contribution < 1.29 is 17.9 Å². The van der Waals surface area contributed by atoms with Crippen LogP contribution in [0.25, 0.3) is 0 Å². The summed E-state index contributed by atoms with van der Waals surface area (Å²) < 4.78 is 29.9. The number of nitrogens with zero attached hydrogens (tertiary/aromatic N) is 3. The Morgan fingerprint density at radius 2 is 2.00 bits per heavy atom. The molecule has 2 aliphatic heterocycles. The Balaban J connectivity index is 0.00000338. The number of fused-ring (bicyclic) bond motifs is 1. The van der Waals surface area contributed by atoms with Gasteiger partial charge < -0.3 is 19.9 Å². The number of guanidine groups is 1. The van der Waals surface area contributed by atoms with E-state index in [2.05, 4.69) is 19.9 Å². The lowest BCUT2D eigenvalue weighted by atomic mass is 10.2. The molecule has 2 rings (SSSR count). The topological polar surface area (TPSA) is 103 Å². The third-order valence-electron chi connectivity index (χ3n) is 3.86. The summed E-state index contributed by atoms with van der Waals surface area (Å²) in [5, 5.41) is 3.26. The lowest BCUT2D eigenvalue weighted by molar-refractivity contribution is 0.0137. The second kappa shape index (κ2) is 9.40. The number of ether oxygens (including phenoxy) is 1. The minimum atomic E-state index is -3.14. The van der Waals surface area contributed by atoms with E-state index in [9.17, 15) is 13.2 Å². The highest BCUT2D eigenvalue weighted by Gasteiger charge is 2.36. The lowest BCUT2D eigenvalue weighted by Crippen LogP contribution is -2.57. The molecule has 1 atom stereocenters. The van der Waals surface area contributed by atoms with E-state index in [0.29, 0.717) is 45.7 Å². The first-order valence-electron chi connectivity index (χ1n) is 8.53. The number of rotatable bonds is 5. The molecule has 0 aromatic rings. The molecule has 0 aliphatic carbocycles. The van der Waals surface area contributed by atoms with Crippen LogP contribution in [0, 0.1) is 0 Å². The molecule has 0 aromatic heterocycles. The molecule has 1 amide bonds. The third kappa shape index (κ3) is 7.43. The predicted octanol–water partition coefficient (Wildman–Crippen LogP) is 0.424. The van der Waals surface area contributed by atoms with Crippen molar-refractivity contribution in [3.8, 4) is 0 Å². The Bertz CT molecular complexity index is 620. The molecule has 1 unspecified atom stereocenters. The number of hydrogen-bond donors (Lipinski definition) is 2. The Hall–Kier alpha value is -0.820. The second-order valence-electron chi connectivity index (χ2n) is 7.38. The SMILES string of the molecule is CC(C)(C)OC(=O)N1CCN2C(NCCCNS(C)(=O)=O)=NCC2C1.I. The molecule has 152 valence electrons. The molecule has 1 fully saturated rings. The van der Waals surface area contributed by atoms with E-state index in [1.807, 2.05) is 20.8 Å². The van der Waals surface area contributed by atoms with Gasteiger partial charge in [0.15, 0.2) is 5.96 Å². The van der Waals surface area contributed by atoms with Gasteiger partial charge in [-0.15, -0.1) is 24.0 Å². The van der Waals surface area contributed by atoms with Gasteiger partial charge in [-0.25, -0.2) is 17.9 Å². The fraction of sp³-hybridized carbons (Fsp3) is 0.867. The number of halogens is 1. The van der Waals surface area contributed by atoms with E-state index >= 15 is 0 Å². The van der Waals surface area contributed by atoms with Crippen LogP contribution < -0.4 is 10.0 Å². The highest BCUT2D eigenvalue weighted by Crippen LogP contribution is 2.18. The van der Waals surface area contributed by atoms with Gasteiger partial charge in [-0.1, -0.05) is 0 Å². The van der Waals surface area contributed by atoms with Crippen LogP contribution in [0.15, 0.2) is 4.99 Å². The van der Waals surface area contributed by atoms with Gasteiger partial charge in [0, 0.05) is 32.7 Å². The van der Waals surface area contributed by atoms with Crippen LogP contribution in [0.5, 0.6) is 0 Å². The summed E-state index contributed by atoms with van der Waals surface area (Å²) >= 11 is 0. The molecule has 2 heterocycles. The van der Waals surface area contributed by atoms with Gasteiger partial charge in [0.25, 0.3) is 0 Å². The monoisotopic (exact) mass is 503 g/mol. The quantitative estimate of drug-likeness (QED) is 0.417. The summed E-state index contributed by atoms with van der Waals surface area (Å²) in [6.45, 7) is 9.17. The Kier molecular flexibility index (Phi) is 8.39. The standard InChI is InChI=1S/C15H29N5O4S.HI/c1-15(2,3)24-14(21)19-8-9-20-12(11-19)10-17-13(20)16-6-5-7-18-25(4,22)23;/h12,18H,5-11H2,1-4H3,(H,16,17);1H. The highest BCUT2D eigenvalue weighted by atomic mass is 127. The minimum absolute atomic E-state index is 0. The van der Waals surface area contributed by atoms with Crippen LogP contribution in [0.2, 0.25) is 0 Å². The van der Waals surface area contributed by atoms with Crippen molar-refractivity contribution >= 4 is 46.1 Å². The molecule has 11 heteroatoms. The second-order valence-corrected chi connectivity index (χ2v) is 9.22. The smallest absolute Gasteiger partial charge is 0.410 e. The number of amides is 1. The van der Waals surface area contributed by atoms with E-state index in [1.165, 1.54) is 0 Å². The maximum absolute atomic E-state index is 12.2. The van der Waals surface area contributed by atoms with Crippen LogP contribution in [-0.4, -0.2) is 87.4 Å². The summed E-state index contributed by atoms with van der Waals surface area (Å²) in [5.41, 5.74) is -0.493. The Morgan fingerprint density at radius 1 is 1.31 bits per heavy atom. The molecular formula is C15H30IN5O4S. The van der Waals surface area contributed by atoms with Crippen molar-refractivity contribution in [2.45, 2.75) is 38.8 Å². The minimum Gasteiger partial charge on any atom is -0.444 e. The van der Waals surface area contributed by atoms with Gasteiger partial charge in [0.1, 0.15) is 5.60 Å². The first-order valence-corrected chi connectivity index (χ1v) is 10.4. The zero-order chi connectivity index (χ0) is 18.7. The zero-order valence-corrected chi connectivity index (χ0v) is 19.0. The van der Waals surface area contributed by atoms with Crippen molar-refractivity contribution in [1.82, 2.24) is 19.8 Å². The van der Waals surface area contributed by atoms with Crippen molar-refractivity contribution in [2.75, 3.05) is 45.5 Å². The number of hydrogen-bond acceptors (Lipinski definition) is 7. The predicted molar refractivity (Wildman–Crippen MR) is 111 cm³/mol. The van der Waals surface area contributed by atoms with Crippen molar-refractivity contribution in [3.63, 3.8) is 0 Å². The van der Waals surface area contributed by atoms with Crippen molar-refractivity contribution in [2.24, 2.45) is 4.99 Å². The number of carbonyl (C=O) groups excluding carboxylic acids is 1. The summed E-state index contributed by atoms with van der Waals surface area (Å²) in [6, 6.07) is 0.165. The molecule has 2 N–H and O–H groups in total. The fourth-order valence-corrected chi connectivity index (χ4v) is 3.28. The molecule has 0 bridgehead atoms. The van der Waals surface area contributed by atoms with Gasteiger partial charge in [0.2, 0.25) is 10.0 Å². The van der Waals surface area contributed by atoms with Crippen LogP contribution in [-0.2, 0) is 14.8 Å². The Morgan fingerprint density at radius 3 is 2.62 bits per heavy atom. The third-order valence-corrected chi connectivity index (χ3v) is 4.59. The van der Waals surface area contributed by atoms with Gasteiger partial charge in [-0.2, -0.15) is 0 Å². The molecule has 0 saturated carbocycles. The zero-order valence-electron chi connectivity index (χ0n) is 15.8. The van der Waals surface area contributed by atoms with Crippen LogP contribution >= 0.6 is 24.0 Å². The van der Waals surface area contributed by atoms with E-state index in [0.717, 1.165) is 12.2 Å². The van der Waals surface area contributed by atoms with Crippen molar-refractivity contribution in [1.29, 1.82) is 0 Å². The number of nitrogens with one attached hydrogen (secondary N) is 2. The van der Waals surface area contributed by atoms with Gasteiger partial charge in [-0.3, -0.25) is 4.99 Å². The maximum Gasteiger partial charge on any atom is 0.410 e. The number of piperazine rings is 1. The summed E-state index contributed by atoms with van der Waals surface area (Å²) in [6.07, 6.45) is 1.55. The van der Waals surface area contributed by atoms with Crippen LogP contribution in [0.1, 0.15) is 27.2 Å². The van der Waals surface area contributed by atoms with Crippen molar-refractivity contribution in [3.05, 3.63) is 0 Å². The normalized spacial score (nSPS) is 20.2. The Labute approximate surface area is 173 Å². The number of aliphatic imine (C=N–C) groups is 1. The summed E-state index contributed by atoms with van der Waals surface area (Å²) in [5.74, 6) is 0.827. The number of carbonyl (C=O) groups is 1. The molecule has 26 heavy (non-hydrogen) atoms. The first-order chi connectivity index (χ1) is 11.6. The van der Waals surface area contributed by atoms with Gasteiger partial charge in [-0.05, 0) is 27.2 Å². The average Bonchev–Trinajstić information content (AvgIpc) is 2.86. The van der Waals surface area contributed by atoms with E-state index in [1.54, 1.807) is 4.90 Å². The lowest BCUT2D eigenvalue weighted by Gasteiger charge is -2.39. The summed E-state index contributed by atoms with van der Waals surface area (Å²) in [4.78, 5) is 20.6. The van der Waals surface area contributed by atoms with E-state index in [-0.39, 0.29) is 36.1 Å². The average molecular weight is 503 g/mol. The maximum atomic E-state index is 12.2. The molecule has 1 saturated heterocycles. The van der Waals surface area contributed by atoms with E-state index < -0.39 is 15.6 Å². The molecule has 0 spiro atoms. The van der Waals surface area contributed by atoms with Gasteiger partial charge in [0.05, 0.1) is 18.8 Å². The van der Waals surface area contributed by atoms with Gasteiger partial charge >= 0.3 is 6.09 Å². The molecule has 0 radical (unpaired) electrons. The molecule has 2 aliphatic rings. The molecular weight excluding hydrogens is 473 g/mol. The van der Waals surface area contributed by atoms with Crippen LogP contribution in [0.4, 0.5) is 4.79 Å². The summed E-state index contributed by atoms with van der Waals surface area (Å²) in [7, 11) is -3.14. The highest BCUT2D eigenvalue weighted by molar-refractivity contribution is 14.0. The number of sulfonamides is 1. The molecule has 0 aromatic carbocycles. The first kappa shape index (κ1) is 23.2. The van der Waals surface area contributed by atoms with Crippen LogP contribution in [0.3, 0.4) is 0 Å².